The van der Waals surface area contributed by atoms with Crippen LogP contribution in [0.4, 0.5) is 0 Å². The fourth-order valence-electron chi connectivity index (χ4n) is 4.49. The molecular weight excluding hydrogens is 476 g/mol. The lowest BCUT2D eigenvalue weighted by atomic mass is 10.1. The first-order valence-electron chi connectivity index (χ1n) is 13.1. The van der Waals surface area contributed by atoms with Crippen molar-refractivity contribution in [2.45, 2.75) is 51.0 Å². The molecule has 0 amide bonds. The third kappa shape index (κ3) is 7.60. The zero-order chi connectivity index (χ0) is 25.8. The van der Waals surface area contributed by atoms with Crippen molar-refractivity contribution in [3.05, 3.63) is 144 Å². The molecule has 0 N–H and O–H groups in total. The Balaban J connectivity index is 1.31. The summed E-state index contributed by atoms with van der Waals surface area (Å²) in [5.74, 6) is 0. The highest BCUT2D eigenvalue weighted by Crippen LogP contribution is 2.30. The van der Waals surface area contributed by atoms with E-state index < -0.39 is 12.4 Å². The van der Waals surface area contributed by atoms with Gasteiger partial charge in [0.2, 0.25) is 0 Å². The summed E-state index contributed by atoms with van der Waals surface area (Å²) in [4.78, 5) is 0. The van der Waals surface area contributed by atoms with Crippen LogP contribution in [0.1, 0.15) is 22.3 Å². The molecule has 0 bridgehead atoms. The molecule has 5 rings (SSSR count). The Morgan fingerprint density at radius 1 is 0.447 bits per heavy atom. The minimum Gasteiger partial charge on any atom is -0.374 e. The van der Waals surface area contributed by atoms with Gasteiger partial charge in [0.25, 0.3) is 0 Å². The van der Waals surface area contributed by atoms with Crippen LogP contribution in [0.15, 0.2) is 121 Å². The second-order valence-corrected chi connectivity index (χ2v) is 9.36. The van der Waals surface area contributed by atoms with Crippen molar-refractivity contribution < 1.29 is 23.7 Å². The first-order chi connectivity index (χ1) is 18.8. The van der Waals surface area contributed by atoms with Gasteiger partial charge >= 0.3 is 0 Å². The lowest BCUT2D eigenvalue weighted by molar-refractivity contribution is -0.190. The van der Waals surface area contributed by atoms with E-state index in [1.165, 1.54) is 0 Å². The quantitative estimate of drug-likeness (QED) is 0.211. The fourth-order valence-corrected chi connectivity index (χ4v) is 4.49. The molecule has 0 aliphatic carbocycles. The summed E-state index contributed by atoms with van der Waals surface area (Å²) < 4.78 is 31.7. The second kappa shape index (κ2) is 14.0. The molecule has 5 nitrogen and oxygen atoms in total. The minimum absolute atomic E-state index is 0.344. The Kier molecular flexibility index (Phi) is 9.69. The van der Waals surface area contributed by atoms with Gasteiger partial charge in [0.1, 0.15) is 18.3 Å². The second-order valence-electron chi connectivity index (χ2n) is 9.36. The van der Waals surface area contributed by atoms with Crippen LogP contribution in [0.25, 0.3) is 0 Å². The molecule has 4 aromatic carbocycles. The van der Waals surface area contributed by atoms with Crippen molar-refractivity contribution in [3.63, 3.8) is 0 Å². The summed E-state index contributed by atoms with van der Waals surface area (Å²) in [6.07, 6.45) is -1.72. The SMILES string of the molecule is c1ccc(COCC2OC(OCc3ccccc3)C(OCc3ccccc3)C2OCc2ccccc2)cc1. The summed E-state index contributed by atoms with van der Waals surface area (Å²) in [6, 6.07) is 40.5. The third-order valence-electron chi connectivity index (χ3n) is 6.49. The predicted molar refractivity (Wildman–Crippen MR) is 146 cm³/mol. The average molecular weight is 511 g/mol. The normalized spacial score (nSPS) is 20.9. The van der Waals surface area contributed by atoms with Gasteiger partial charge < -0.3 is 23.7 Å². The molecule has 5 heteroatoms. The van der Waals surface area contributed by atoms with E-state index in [4.69, 9.17) is 23.7 Å². The lowest BCUT2D eigenvalue weighted by Crippen LogP contribution is -2.39. The van der Waals surface area contributed by atoms with Gasteiger partial charge in [-0.2, -0.15) is 0 Å². The van der Waals surface area contributed by atoms with Crippen LogP contribution in [0.3, 0.4) is 0 Å². The summed E-state index contributed by atoms with van der Waals surface area (Å²) in [5.41, 5.74) is 4.36. The Morgan fingerprint density at radius 2 is 0.842 bits per heavy atom. The molecule has 4 aromatic rings. The summed E-state index contributed by atoms with van der Waals surface area (Å²) >= 11 is 0. The van der Waals surface area contributed by atoms with E-state index in [-0.39, 0.29) is 12.2 Å². The van der Waals surface area contributed by atoms with Gasteiger partial charge in [-0.05, 0) is 22.3 Å². The Morgan fingerprint density at radius 3 is 1.32 bits per heavy atom. The highest BCUT2D eigenvalue weighted by Gasteiger charge is 2.47. The number of benzene rings is 4. The number of hydrogen-bond acceptors (Lipinski definition) is 5. The van der Waals surface area contributed by atoms with Gasteiger partial charge in [-0.15, -0.1) is 0 Å². The van der Waals surface area contributed by atoms with Gasteiger partial charge in [-0.25, -0.2) is 0 Å². The van der Waals surface area contributed by atoms with Gasteiger partial charge in [0, 0.05) is 0 Å². The molecule has 196 valence electrons. The number of hydrogen-bond donors (Lipinski definition) is 0. The number of rotatable bonds is 13. The van der Waals surface area contributed by atoms with Crippen molar-refractivity contribution in [3.8, 4) is 0 Å². The molecule has 38 heavy (non-hydrogen) atoms. The van der Waals surface area contributed by atoms with Crippen LogP contribution in [0.5, 0.6) is 0 Å². The zero-order valence-electron chi connectivity index (χ0n) is 21.4. The summed E-state index contributed by atoms with van der Waals surface area (Å²) in [7, 11) is 0. The van der Waals surface area contributed by atoms with E-state index >= 15 is 0 Å². The van der Waals surface area contributed by atoms with Crippen molar-refractivity contribution in [1.82, 2.24) is 0 Å². The maximum Gasteiger partial charge on any atom is 0.187 e. The molecule has 1 aliphatic heterocycles. The van der Waals surface area contributed by atoms with Crippen LogP contribution in [-0.2, 0) is 50.1 Å². The van der Waals surface area contributed by atoms with Crippen molar-refractivity contribution in [2.75, 3.05) is 6.61 Å². The molecule has 0 spiro atoms. The van der Waals surface area contributed by atoms with Gasteiger partial charge in [-0.1, -0.05) is 121 Å². The van der Waals surface area contributed by atoms with Crippen LogP contribution in [-0.4, -0.2) is 31.2 Å². The molecule has 0 saturated carbocycles. The van der Waals surface area contributed by atoms with Gasteiger partial charge in [-0.3, -0.25) is 0 Å². The maximum atomic E-state index is 6.48. The highest BCUT2D eigenvalue weighted by molar-refractivity contribution is 5.16. The largest absolute Gasteiger partial charge is 0.374 e. The van der Waals surface area contributed by atoms with Crippen LogP contribution >= 0.6 is 0 Å². The van der Waals surface area contributed by atoms with Crippen molar-refractivity contribution in [2.24, 2.45) is 0 Å². The van der Waals surface area contributed by atoms with Gasteiger partial charge in [0.15, 0.2) is 6.29 Å². The first kappa shape index (κ1) is 26.3. The molecule has 1 fully saturated rings. The zero-order valence-corrected chi connectivity index (χ0v) is 21.4. The van der Waals surface area contributed by atoms with Crippen LogP contribution in [0, 0.1) is 0 Å². The van der Waals surface area contributed by atoms with E-state index in [0.29, 0.717) is 33.0 Å². The number of ether oxygens (including phenoxy) is 5. The molecule has 0 aromatic heterocycles. The van der Waals surface area contributed by atoms with E-state index in [0.717, 1.165) is 22.3 Å². The molecule has 1 saturated heterocycles. The molecular formula is C33H34O5. The minimum atomic E-state index is -0.593. The predicted octanol–water partition coefficient (Wildman–Crippen LogP) is 6.32. The third-order valence-corrected chi connectivity index (χ3v) is 6.49. The van der Waals surface area contributed by atoms with Crippen molar-refractivity contribution >= 4 is 0 Å². The Hall–Kier alpha value is -3.32. The molecule has 1 aliphatic rings. The molecule has 4 unspecified atom stereocenters. The lowest BCUT2D eigenvalue weighted by Gasteiger charge is -2.25. The first-order valence-corrected chi connectivity index (χ1v) is 13.1. The van der Waals surface area contributed by atoms with E-state index in [1.807, 2.05) is 84.9 Å². The van der Waals surface area contributed by atoms with E-state index in [9.17, 15) is 0 Å². The maximum absolute atomic E-state index is 6.48. The monoisotopic (exact) mass is 510 g/mol. The Bertz CT molecular complexity index is 1190. The Labute approximate surface area is 224 Å². The highest BCUT2D eigenvalue weighted by atomic mass is 16.7. The molecule has 4 atom stereocenters. The summed E-state index contributed by atoms with van der Waals surface area (Å²) in [6.45, 7) is 2.16. The topological polar surface area (TPSA) is 46.2 Å². The van der Waals surface area contributed by atoms with Crippen LogP contribution in [0.2, 0.25) is 0 Å². The smallest absolute Gasteiger partial charge is 0.187 e. The van der Waals surface area contributed by atoms with Crippen LogP contribution < -0.4 is 0 Å². The summed E-state index contributed by atoms with van der Waals surface area (Å²) in [5, 5.41) is 0. The molecule has 0 radical (unpaired) electrons. The van der Waals surface area contributed by atoms with Gasteiger partial charge in [0.05, 0.1) is 33.0 Å². The molecule has 1 heterocycles. The van der Waals surface area contributed by atoms with Crippen molar-refractivity contribution in [1.29, 1.82) is 0 Å². The average Bonchev–Trinajstić information content (AvgIpc) is 3.32. The fraction of sp³-hybridized carbons (Fsp3) is 0.273. The standard InChI is InChI=1S/C33H34O5/c1-5-13-26(14-6-1)21-34-25-30-31(35-22-27-15-7-2-8-16-27)32(36-23-28-17-9-3-10-18-28)33(38-30)37-24-29-19-11-4-12-20-29/h1-20,30-33H,21-25H2. The van der Waals surface area contributed by atoms with E-state index in [1.54, 1.807) is 0 Å². The van der Waals surface area contributed by atoms with E-state index in [2.05, 4.69) is 36.4 Å².